The number of carboxylic acids is 1. The fraction of sp³-hybridized carbons (Fsp3) is 0.500. The number of ether oxygens (including phenoxy) is 1. The molecule has 0 radical (unpaired) electrons. The number of rotatable bonds is 3. The van der Waals surface area contributed by atoms with Crippen molar-refractivity contribution in [2.75, 3.05) is 19.7 Å². The van der Waals surface area contributed by atoms with Gasteiger partial charge < -0.3 is 9.84 Å². The number of carboxylic acid groups (broad SMARTS) is 1. The summed E-state index contributed by atoms with van der Waals surface area (Å²) in [7, 11) is 0. The molecule has 1 saturated heterocycles. The van der Waals surface area contributed by atoms with Crippen molar-refractivity contribution in [2.24, 2.45) is 0 Å². The first kappa shape index (κ1) is 15.8. The van der Waals surface area contributed by atoms with Gasteiger partial charge in [0.25, 0.3) is 0 Å². The van der Waals surface area contributed by atoms with Gasteiger partial charge in [-0.15, -0.1) is 0 Å². The Morgan fingerprint density at radius 3 is 2.81 bits per heavy atom. The van der Waals surface area contributed by atoms with Crippen LogP contribution >= 0.6 is 0 Å². The van der Waals surface area contributed by atoms with Crippen molar-refractivity contribution in [1.82, 2.24) is 4.90 Å². The predicted octanol–water partition coefficient (Wildman–Crippen LogP) is 2.55. The van der Waals surface area contributed by atoms with E-state index in [-0.39, 0.29) is 6.54 Å². The lowest BCUT2D eigenvalue weighted by Crippen LogP contribution is -2.46. The molecule has 1 aromatic rings. The van der Waals surface area contributed by atoms with E-state index in [2.05, 4.69) is 0 Å². The molecule has 0 bridgehead atoms. The molecule has 21 heavy (non-hydrogen) atoms. The normalized spacial score (nSPS) is 22.0. The number of morpholine rings is 1. The molecule has 2 rings (SSSR count). The van der Waals surface area contributed by atoms with Crippen LogP contribution in [0, 0.1) is 0 Å². The summed E-state index contributed by atoms with van der Waals surface area (Å²) in [6, 6.07) is 4.27. The Balaban J connectivity index is 2.16. The maximum Gasteiger partial charge on any atom is 0.416 e. The van der Waals surface area contributed by atoms with E-state index in [1.54, 1.807) is 17.9 Å². The first-order valence-electron chi connectivity index (χ1n) is 6.54. The standard InChI is InChI=1S/C14H16F3NO3/c1-9(13(19)20)18-5-6-21-12(8-18)10-3-2-4-11(7-10)14(15,16)17/h2-4,7,9,12H,5-6,8H2,1H3,(H,19,20)/t9-,12-/m0/s1. The molecule has 4 nitrogen and oxygen atoms in total. The van der Waals surface area contributed by atoms with Gasteiger partial charge >= 0.3 is 12.1 Å². The topological polar surface area (TPSA) is 49.8 Å². The summed E-state index contributed by atoms with van der Waals surface area (Å²) in [5.41, 5.74) is -0.320. The molecule has 0 aromatic heterocycles. The second-order valence-corrected chi connectivity index (χ2v) is 4.99. The molecule has 116 valence electrons. The maximum atomic E-state index is 12.7. The number of benzene rings is 1. The summed E-state index contributed by atoms with van der Waals surface area (Å²) < 4.78 is 43.6. The lowest BCUT2D eigenvalue weighted by atomic mass is 10.0. The summed E-state index contributed by atoms with van der Waals surface area (Å²) in [5.74, 6) is -0.959. The second kappa shape index (κ2) is 6.03. The molecule has 0 aliphatic carbocycles. The van der Waals surface area contributed by atoms with Gasteiger partial charge in [0.1, 0.15) is 6.04 Å². The molecular formula is C14H16F3NO3. The molecule has 1 aliphatic heterocycles. The van der Waals surface area contributed by atoms with E-state index >= 15 is 0 Å². The minimum absolute atomic E-state index is 0.259. The van der Waals surface area contributed by atoms with Crippen LogP contribution in [0.2, 0.25) is 0 Å². The number of halogens is 3. The van der Waals surface area contributed by atoms with Gasteiger partial charge in [-0.3, -0.25) is 9.69 Å². The van der Waals surface area contributed by atoms with Crippen LogP contribution in [0.1, 0.15) is 24.2 Å². The van der Waals surface area contributed by atoms with Gasteiger partial charge in [-0.2, -0.15) is 13.2 Å². The number of carbonyl (C=O) groups is 1. The van der Waals surface area contributed by atoms with E-state index in [0.29, 0.717) is 18.7 Å². The van der Waals surface area contributed by atoms with Crippen LogP contribution < -0.4 is 0 Å². The molecule has 0 saturated carbocycles. The van der Waals surface area contributed by atoms with Crippen molar-refractivity contribution in [2.45, 2.75) is 25.2 Å². The zero-order chi connectivity index (χ0) is 15.6. The highest BCUT2D eigenvalue weighted by Gasteiger charge is 2.33. The van der Waals surface area contributed by atoms with Gasteiger partial charge in [0.2, 0.25) is 0 Å². The molecule has 0 unspecified atom stereocenters. The van der Waals surface area contributed by atoms with Crippen molar-refractivity contribution in [3.05, 3.63) is 35.4 Å². The Morgan fingerprint density at radius 1 is 1.48 bits per heavy atom. The van der Waals surface area contributed by atoms with Gasteiger partial charge in [0.05, 0.1) is 18.3 Å². The Morgan fingerprint density at radius 2 is 2.19 bits per heavy atom. The minimum Gasteiger partial charge on any atom is -0.480 e. The molecule has 1 heterocycles. The fourth-order valence-electron chi connectivity index (χ4n) is 2.29. The van der Waals surface area contributed by atoms with Crippen LogP contribution in [0.4, 0.5) is 13.2 Å². The average Bonchev–Trinajstić information content (AvgIpc) is 2.46. The average molecular weight is 303 g/mol. The largest absolute Gasteiger partial charge is 0.480 e. The van der Waals surface area contributed by atoms with E-state index < -0.39 is 29.9 Å². The molecule has 2 atom stereocenters. The SMILES string of the molecule is C[C@@H](C(=O)O)N1CCO[C@H](c2cccc(C(F)(F)F)c2)C1. The molecule has 1 aliphatic rings. The summed E-state index contributed by atoms with van der Waals surface area (Å²) in [4.78, 5) is 12.7. The Labute approximate surface area is 120 Å². The molecule has 1 N–H and O–H groups in total. The third kappa shape index (κ3) is 3.74. The molecule has 0 spiro atoms. The van der Waals surface area contributed by atoms with Crippen LogP contribution in [-0.2, 0) is 15.7 Å². The summed E-state index contributed by atoms with van der Waals surface area (Å²) in [5, 5.41) is 9.01. The summed E-state index contributed by atoms with van der Waals surface area (Å²) in [6.45, 7) is 2.55. The zero-order valence-electron chi connectivity index (χ0n) is 11.4. The van der Waals surface area contributed by atoms with Crippen molar-refractivity contribution in [3.63, 3.8) is 0 Å². The summed E-state index contributed by atoms with van der Waals surface area (Å²) in [6.07, 6.45) is -4.96. The third-order valence-electron chi connectivity index (χ3n) is 3.59. The number of hydrogen-bond acceptors (Lipinski definition) is 3. The van der Waals surface area contributed by atoms with Crippen LogP contribution in [0.15, 0.2) is 24.3 Å². The first-order valence-corrected chi connectivity index (χ1v) is 6.54. The van der Waals surface area contributed by atoms with Crippen LogP contribution in [0.25, 0.3) is 0 Å². The van der Waals surface area contributed by atoms with Gasteiger partial charge in [-0.25, -0.2) is 0 Å². The third-order valence-corrected chi connectivity index (χ3v) is 3.59. The van der Waals surface area contributed by atoms with Crippen molar-refractivity contribution >= 4 is 5.97 Å². The highest BCUT2D eigenvalue weighted by molar-refractivity contribution is 5.72. The number of nitrogens with zero attached hydrogens (tertiary/aromatic N) is 1. The number of hydrogen-bond donors (Lipinski definition) is 1. The monoisotopic (exact) mass is 303 g/mol. The summed E-state index contributed by atoms with van der Waals surface area (Å²) >= 11 is 0. The van der Waals surface area contributed by atoms with Gasteiger partial charge in [0, 0.05) is 13.1 Å². The van der Waals surface area contributed by atoms with Crippen molar-refractivity contribution < 1.29 is 27.8 Å². The van der Waals surface area contributed by atoms with Gasteiger partial charge in [0.15, 0.2) is 0 Å². The predicted molar refractivity (Wildman–Crippen MR) is 68.8 cm³/mol. The van der Waals surface area contributed by atoms with E-state index in [0.717, 1.165) is 12.1 Å². The van der Waals surface area contributed by atoms with Gasteiger partial charge in [-0.1, -0.05) is 12.1 Å². The first-order chi connectivity index (χ1) is 9.79. The van der Waals surface area contributed by atoms with E-state index in [1.165, 1.54) is 6.07 Å². The molecular weight excluding hydrogens is 287 g/mol. The Kier molecular flexibility index (Phi) is 4.53. The maximum absolute atomic E-state index is 12.7. The quantitative estimate of drug-likeness (QED) is 0.932. The fourth-order valence-corrected chi connectivity index (χ4v) is 2.29. The zero-order valence-corrected chi connectivity index (χ0v) is 11.4. The van der Waals surface area contributed by atoms with E-state index in [1.807, 2.05) is 0 Å². The van der Waals surface area contributed by atoms with Crippen LogP contribution in [0.3, 0.4) is 0 Å². The van der Waals surface area contributed by atoms with E-state index in [9.17, 15) is 18.0 Å². The molecule has 0 amide bonds. The lowest BCUT2D eigenvalue weighted by Gasteiger charge is -2.35. The highest BCUT2D eigenvalue weighted by atomic mass is 19.4. The lowest BCUT2D eigenvalue weighted by molar-refractivity contribution is -0.145. The van der Waals surface area contributed by atoms with Crippen molar-refractivity contribution in [3.8, 4) is 0 Å². The van der Waals surface area contributed by atoms with E-state index in [4.69, 9.17) is 9.84 Å². The van der Waals surface area contributed by atoms with Crippen molar-refractivity contribution in [1.29, 1.82) is 0 Å². The smallest absolute Gasteiger partial charge is 0.416 e. The second-order valence-electron chi connectivity index (χ2n) is 4.99. The van der Waals surface area contributed by atoms with Crippen LogP contribution in [0.5, 0.6) is 0 Å². The number of alkyl halides is 3. The van der Waals surface area contributed by atoms with Gasteiger partial charge in [-0.05, 0) is 24.6 Å². The number of aliphatic carboxylic acids is 1. The molecule has 1 aromatic carbocycles. The minimum atomic E-state index is -4.40. The molecule has 7 heteroatoms. The molecule has 1 fully saturated rings. The highest BCUT2D eigenvalue weighted by Crippen LogP contribution is 2.32. The Bertz CT molecular complexity index is 518. The Hall–Kier alpha value is -1.60. The van der Waals surface area contributed by atoms with Crippen LogP contribution in [-0.4, -0.2) is 41.7 Å².